The second kappa shape index (κ2) is 6.56. The van der Waals surface area contributed by atoms with Gasteiger partial charge in [0.05, 0.1) is 40.1 Å². The van der Waals surface area contributed by atoms with E-state index >= 15 is 0 Å². The number of rotatable bonds is 6. The number of ether oxygens (including phenoxy) is 1. The van der Waals surface area contributed by atoms with E-state index < -0.39 is 6.10 Å². The smallest absolute Gasteiger partial charge is 0.134 e. The molecule has 0 spiro atoms. The lowest BCUT2D eigenvalue weighted by atomic mass is 10.1. The van der Waals surface area contributed by atoms with Crippen molar-refractivity contribution in [3.8, 4) is 0 Å². The summed E-state index contributed by atoms with van der Waals surface area (Å²) in [5.74, 6) is 0. The third-order valence-electron chi connectivity index (χ3n) is 2.77. The van der Waals surface area contributed by atoms with Crippen molar-refractivity contribution in [2.45, 2.75) is 26.0 Å². The first-order valence-electron chi connectivity index (χ1n) is 5.88. The van der Waals surface area contributed by atoms with Gasteiger partial charge in [-0.2, -0.15) is 5.10 Å². The Labute approximate surface area is 123 Å². The van der Waals surface area contributed by atoms with E-state index in [0.29, 0.717) is 18.8 Å². The van der Waals surface area contributed by atoms with Gasteiger partial charge in [-0.3, -0.25) is 4.68 Å². The van der Waals surface area contributed by atoms with Gasteiger partial charge in [-0.25, -0.2) is 0 Å². The van der Waals surface area contributed by atoms with Crippen LogP contribution in [-0.2, 0) is 17.7 Å². The van der Waals surface area contributed by atoms with Crippen molar-refractivity contribution in [2.24, 2.45) is 0 Å². The number of aryl methyl sites for hydroxylation is 1. The molecule has 0 aliphatic carbocycles. The molecule has 2 rings (SSSR count). The van der Waals surface area contributed by atoms with Gasteiger partial charge >= 0.3 is 0 Å². The SMILES string of the molecule is CCc1nnsc1C(O)c1c(Br)cnn1CCOC. The van der Waals surface area contributed by atoms with E-state index in [0.717, 1.165) is 21.5 Å². The van der Waals surface area contributed by atoms with Gasteiger partial charge in [-0.1, -0.05) is 11.4 Å². The molecule has 0 saturated carbocycles. The lowest BCUT2D eigenvalue weighted by Gasteiger charge is -2.13. The summed E-state index contributed by atoms with van der Waals surface area (Å²) in [6.07, 6.45) is 1.64. The zero-order valence-electron chi connectivity index (χ0n) is 10.7. The minimum Gasteiger partial charge on any atom is -0.383 e. The van der Waals surface area contributed by atoms with Crippen LogP contribution in [0.1, 0.15) is 29.3 Å². The highest BCUT2D eigenvalue weighted by atomic mass is 79.9. The third kappa shape index (κ3) is 3.02. The lowest BCUT2D eigenvalue weighted by molar-refractivity contribution is 0.171. The van der Waals surface area contributed by atoms with Gasteiger partial charge in [0.1, 0.15) is 6.10 Å². The largest absolute Gasteiger partial charge is 0.383 e. The predicted molar refractivity (Wildman–Crippen MR) is 75.2 cm³/mol. The Balaban J connectivity index is 2.32. The van der Waals surface area contributed by atoms with E-state index in [1.807, 2.05) is 6.92 Å². The molecule has 0 amide bonds. The van der Waals surface area contributed by atoms with E-state index in [4.69, 9.17) is 4.74 Å². The topological polar surface area (TPSA) is 73.1 Å². The van der Waals surface area contributed by atoms with Gasteiger partial charge in [0.25, 0.3) is 0 Å². The van der Waals surface area contributed by atoms with Crippen LogP contribution in [0, 0.1) is 0 Å². The van der Waals surface area contributed by atoms with Crippen molar-refractivity contribution in [3.05, 3.63) is 26.9 Å². The van der Waals surface area contributed by atoms with E-state index in [1.165, 1.54) is 11.5 Å². The van der Waals surface area contributed by atoms with Crippen molar-refractivity contribution in [1.29, 1.82) is 0 Å². The molecule has 1 atom stereocenters. The maximum Gasteiger partial charge on any atom is 0.134 e. The molecular formula is C11H15BrN4O2S. The molecule has 0 aliphatic heterocycles. The van der Waals surface area contributed by atoms with Crippen molar-refractivity contribution in [3.63, 3.8) is 0 Å². The molecule has 0 bridgehead atoms. The minimum absolute atomic E-state index is 0.537. The minimum atomic E-state index is -0.774. The van der Waals surface area contributed by atoms with Gasteiger partial charge in [0.2, 0.25) is 0 Å². The first-order chi connectivity index (χ1) is 9.19. The molecule has 2 aromatic rings. The summed E-state index contributed by atoms with van der Waals surface area (Å²) in [6, 6.07) is 0. The van der Waals surface area contributed by atoms with Gasteiger partial charge in [-0.05, 0) is 33.9 Å². The van der Waals surface area contributed by atoms with Crippen LogP contribution < -0.4 is 0 Å². The highest BCUT2D eigenvalue weighted by Crippen LogP contribution is 2.31. The molecule has 8 heteroatoms. The van der Waals surface area contributed by atoms with Crippen LogP contribution in [0.4, 0.5) is 0 Å². The average molecular weight is 347 g/mol. The van der Waals surface area contributed by atoms with Crippen LogP contribution in [0.3, 0.4) is 0 Å². The summed E-state index contributed by atoms with van der Waals surface area (Å²) in [5.41, 5.74) is 1.53. The predicted octanol–water partition coefficient (Wildman–Crippen LogP) is 1.79. The summed E-state index contributed by atoms with van der Waals surface area (Å²) < 4.78 is 11.5. The molecule has 104 valence electrons. The van der Waals surface area contributed by atoms with E-state index in [2.05, 4.69) is 30.6 Å². The number of hydrogen-bond acceptors (Lipinski definition) is 6. The average Bonchev–Trinajstić information content (AvgIpc) is 3.02. The first-order valence-corrected chi connectivity index (χ1v) is 7.45. The number of aliphatic hydroxyl groups excluding tert-OH is 1. The Hall–Kier alpha value is -0.830. The van der Waals surface area contributed by atoms with E-state index in [-0.39, 0.29) is 0 Å². The van der Waals surface area contributed by atoms with Gasteiger partial charge < -0.3 is 9.84 Å². The Morgan fingerprint density at radius 1 is 1.58 bits per heavy atom. The van der Waals surface area contributed by atoms with Crippen LogP contribution in [0.2, 0.25) is 0 Å². The molecule has 2 aromatic heterocycles. The van der Waals surface area contributed by atoms with Gasteiger partial charge in [0.15, 0.2) is 0 Å². The Kier molecular flexibility index (Phi) is 5.03. The van der Waals surface area contributed by atoms with E-state index in [1.54, 1.807) is 18.0 Å². The van der Waals surface area contributed by atoms with Gasteiger partial charge in [0, 0.05) is 7.11 Å². The van der Waals surface area contributed by atoms with Crippen LogP contribution in [0.5, 0.6) is 0 Å². The second-order valence-corrected chi connectivity index (χ2v) is 5.57. The molecule has 1 unspecified atom stereocenters. The van der Waals surface area contributed by atoms with Crippen molar-refractivity contribution >= 4 is 27.5 Å². The van der Waals surface area contributed by atoms with Crippen molar-refractivity contribution in [2.75, 3.05) is 13.7 Å². The van der Waals surface area contributed by atoms with E-state index in [9.17, 15) is 5.11 Å². The quantitative estimate of drug-likeness (QED) is 0.863. The maximum absolute atomic E-state index is 10.5. The first kappa shape index (κ1) is 14.6. The molecule has 19 heavy (non-hydrogen) atoms. The zero-order valence-corrected chi connectivity index (χ0v) is 13.1. The van der Waals surface area contributed by atoms with Crippen LogP contribution >= 0.6 is 27.5 Å². The van der Waals surface area contributed by atoms with Crippen molar-refractivity contribution in [1.82, 2.24) is 19.4 Å². The molecule has 2 heterocycles. The summed E-state index contributed by atoms with van der Waals surface area (Å²) >= 11 is 4.64. The molecule has 0 radical (unpaired) electrons. The summed E-state index contributed by atoms with van der Waals surface area (Å²) in [7, 11) is 1.64. The number of nitrogens with zero attached hydrogens (tertiary/aromatic N) is 4. The number of methoxy groups -OCH3 is 1. The monoisotopic (exact) mass is 346 g/mol. The lowest BCUT2D eigenvalue weighted by Crippen LogP contribution is -2.13. The second-order valence-electron chi connectivity index (χ2n) is 3.93. The van der Waals surface area contributed by atoms with Crippen LogP contribution in [-0.4, -0.2) is 38.2 Å². The number of hydrogen-bond donors (Lipinski definition) is 1. The Morgan fingerprint density at radius 3 is 3.05 bits per heavy atom. The van der Waals surface area contributed by atoms with Crippen LogP contribution in [0.15, 0.2) is 10.7 Å². The normalized spacial score (nSPS) is 12.8. The zero-order chi connectivity index (χ0) is 13.8. The highest BCUT2D eigenvalue weighted by molar-refractivity contribution is 9.10. The maximum atomic E-state index is 10.5. The number of aromatic nitrogens is 4. The molecule has 0 aromatic carbocycles. The fourth-order valence-electron chi connectivity index (χ4n) is 1.79. The molecule has 6 nitrogen and oxygen atoms in total. The van der Waals surface area contributed by atoms with Crippen LogP contribution in [0.25, 0.3) is 0 Å². The molecule has 0 aliphatic rings. The summed E-state index contributed by atoms with van der Waals surface area (Å²) in [5, 5.41) is 18.8. The Morgan fingerprint density at radius 2 is 2.37 bits per heavy atom. The fourth-order valence-corrected chi connectivity index (χ4v) is 3.03. The van der Waals surface area contributed by atoms with Gasteiger partial charge in [-0.15, -0.1) is 5.10 Å². The number of aliphatic hydroxyl groups is 1. The standard InChI is InChI=1S/C11H15BrN4O2S/c1-3-8-11(19-15-14-8)10(17)9-7(12)6-13-16(9)4-5-18-2/h6,10,17H,3-5H2,1-2H3. The molecule has 1 N–H and O–H groups in total. The third-order valence-corrected chi connectivity index (χ3v) is 4.20. The molecule has 0 saturated heterocycles. The summed E-state index contributed by atoms with van der Waals surface area (Å²) in [6.45, 7) is 3.11. The molecular weight excluding hydrogens is 332 g/mol. The molecule has 0 fully saturated rings. The summed E-state index contributed by atoms with van der Waals surface area (Å²) in [4.78, 5) is 0.766. The fraction of sp³-hybridized carbons (Fsp3) is 0.545. The Bertz CT molecular complexity index is 543. The highest BCUT2D eigenvalue weighted by Gasteiger charge is 2.24. The number of halogens is 1. The van der Waals surface area contributed by atoms with Crippen molar-refractivity contribution < 1.29 is 9.84 Å².